The lowest BCUT2D eigenvalue weighted by Gasteiger charge is -2.25. The van der Waals surface area contributed by atoms with Crippen LogP contribution in [0.15, 0.2) is 5.16 Å². The molecule has 0 radical (unpaired) electrons. The van der Waals surface area contributed by atoms with Gasteiger partial charge in [0.25, 0.3) is 0 Å². The quantitative estimate of drug-likeness (QED) is 0.549. The van der Waals surface area contributed by atoms with E-state index in [1.165, 1.54) is 21.3 Å². The summed E-state index contributed by atoms with van der Waals surface area (Å²) in [6, 6.07) is -0.299. The molecule has 1 aromatic heterocycles. The van der Waals surface area contributed by atoms with Gasteiger partial charge in [-0.05, 0) is 6.92 Å². The Labute approximate surface area is 165 Å². The van der Waals surface area contributed by atoms with E-state index < -0.39 is 5.25 Å². The van der Waals surface area contributed by atoms with Gasteiger partial charge in [-0.2, -0.15) is 4.68 Å². The number of ether oxygens (including phenoxy) is 2. The first-order valence-electron chi connectivity index (χ1n) is 8.84. The van der Waals surface area contributed by atoms with Gasteiger partial charge in [-0.15, -0.1) is 5.10 Å². The molecule has 0 aliphatic rings. The van der Waals surface area contributed by atoms with Gasteiger partial charge in [-0.25, -0.2) is 9.78 Å². The monoisotopic (exact) mass is 401 g/mol. The van der Waals surface area contributed by atoms with Crippen LogP contribution >= 0.6 is 11.8 Å². The first-order chi connectivity index (χ1) is 12.7. The lowest BCUT2D eigenvalue weighted by molar-refractivity contribution is -0.131. The number of aromatic nitrogens is 3. The minimum Gasteiger partial charge on any atom is -0.383 e. The fraction of sp³-hybridized carbons (Fsp3) is 0.765. The average molecular weight is 402 g/mol. The molecule has 1 atom stereocenters. The molecule has 0 aliphatic carbocycles. The van der Waals surface area contributed by atoms with E-state index in [-0.39, 0.29) is 17.9 Å². The van der Waals surface area contributed by atoms with Gasteiger partial charge >= 0.3 is 6.03 Å². The van der Waals surface area contributed by atoms with Crippen molar-refractivity contribution in [1.29, 1.82) is 0 Å². The zero-order valence-corrected chi connectivity index (χ0v) is 18.1. The standard InChI is InChI=1S/C17H31N5O4S/c1-12(2)14-18-16(22(19-14)17(24)20(4)5)27-13(3)15(23)21(8-10-25-6)9-11-26-7/h12-13H,8-11H2,1-7H3. The zero-order chi connectivity index (χ0) is 20.6. The SMILES string of the molecule is COCCN(CCOC)C(=O)C(C)Sc1nc(C(C)C)nn1C(=O)N(C)C. The van der Waals surface area contributed by atoms with E-state index in [9.17, 15) is 9.59 Å². The van der Waals surface area contributed by atoms with Gasteiger partial charge in [0.15, 0.2) is 11.0 Å². The van der Waals surface area contributed by atoms with E-state index >= 15 is 0 Å². The van der Waals surface area contributed by atoms with Crippen LogP contribution in [0.5, 0.6) is 0 Å². The first kappa shape index (κ1) is 23.4. The number of hydrogen-bond donors (Lipinski definition) is 0. The summed E-state index contributed by atoms with van der Waals surface area (Å²) in [5.74, 6) is 0.585. The van der Waals surface area contributed by atoms with Crippen LogP contribution in [0.25, 0.3) is 0 Å². The molecule has 1 heterocycles. The van der Waals surface area contributed by atoms with Gasteiger partial charge in [0.1, 0.15) is 0 Å². The van der Waals surface area contributed by atoms with Crippen LogP contribution in [0.2, 0.25) is 0 Å². The third-order valence-electron chi connectivity index (χ3n) is 3.75. The minimum absolute atomic E-state index is 0.0629. The number of rotatable bonds is 10. The summed E-state index contributed by atoms with van der Waals surface area (Å²) >= 11 is 1.23. The van der Waals surface area contributed by atoms with E-state index in [1.807, 2.05) is 13.8 Å². The third-order valence-corrected chi connectivity index (χ3v) is 4.78. The molecule has 0 saturated carbocycles. The Balaban J connectivity index is 2.99. The van der Waals surface area contributed by atoms with E-state index in [4.69, 9.17) is 9.47 Å². The predicted molar refractivity (Wildman–Crippen MR) is 104 cm³/mol. The Morgan fingerprint density at radius 1 is 1.11 bits per heavy atom. The molecule has 0 aliphatic heterocycles. The van der Waals surface area contributed by atoms with Gasteiger partial charge in [0.05, 0.1) is 18.5 Å². The van der Waals surface area contributed by atoms with E-state index in [1.54, 1.807) is 40.1 Å². The van der Waals surface area contributed by atoms with Crippen molar-refractivity contribution in [2.24, 2.45) is 0 Å². The maximum absolute atomic E-state index is 12.9. The first-order valence-corrected chi connectivity index (χ1v) is 9.72. The van der Waals surface area contributed by atoms with Gasteiger partial charge in [0.2, 0.25) is 5.91 Å². The molecule has 27 heavy (non-hydrogen) atoms. The molecule has 0 N–H and O–H groups in total. The Bertz CT molecular complexity index is 612. The van der Waals surface area contributed by atoms with Crippen molar-refractivity contribution in [3.05, 3.63) is 5.82 Å². The summed E-state index contributed by atoms with van der Waals surface area (Å²) < 4.78 is 11.4. The van der Waals surface area contributed by atoms with Crippen LogP contribution in [0.4, 0.5) is 4.79 Å². The summed E-state index contributed by atoms with van der Waals surface area (Å²) in [5.41, 5.74) is 0. The summed E-state index contributed by atoms with van der Waals surface area (Å²) in [7, 11) is 6.50. The van der Waals surface area contributed by atoms with Crippen LogP contribution < -0.4 is 0 Å². The normalized spacial score (nSPS) is 12.3. The number of methoxy groups -OCH3 is 2. The van der Waals surface area contributed by atoms with Crippen molar-refractivity contribution < 1.29 is 19.1 Å². The van der Waals surface area contributed by atoms with Crippen molar-refractivity contribution in [3.63, 3.8) is 0 Å². The third kappa shape index (κ3) is 6.78. The Hall–Kier alpha value is -1.65. The topological polar surface area (TPSA) is 89.8 Å². The molecule has 0 fully saturated rings. The fourth-order valence-corrected chi connectivity index (χ4v) is 3.08. The molecule has 2 amide bonds. The molecule has 0 aromatic carbocycles. The molecule has 154 valence electrons. The van der Waals surface area contributed by atoms with E-state index in [0.717, 1.165) is 0 Å². The lowest BCUT2D eigenvalue weighted by Crippen LogP contribution is -2.41. The van der Waals surface area contributed by atoms with Crippen LogP contribution in [-0.2, 0) is 14.3 Å². The highest BCUT2D eigenvalue weighted by Gasteiger charge is 2.26. The van der Waals surface area contributed by atoms with Crippen LogP contribution in [0.3, 0.4) is 0 Å². The fourth-order valence-electron chi connectivity index (χ4n) is 2.15. The molecule has 0 bridgehead atoms. The van der Waals surface area contributed by atoms with Crippen molar-refractivity contribution in [3.8, 4) is 0 Å². The second-order valence-corrected chi connectivity index (χ2v) is 7.88. The lowest BCUT2D eigenvalue weighted by atomic mass is 10.2. The second-order valence-electron chi connectivity index (χ2n) is 6.57. The molecule has 0 spiro atoms. The Morgan fingerprint density at radius 3 is 2.11 bits per heavy atom. The summed E-state index contributed by atoms with van der Waals surface area (Å²) in [5, 5.41) is 4.30. The van der Waals surface area contributed by atoms with Crippen LogP contribution in [0, 0.1) is 0 Å². The highest BCUT2D eigenvalue weighted by molar-refractivity contribution is 8.00. The van der Waals surface area contributed by atoms with Crippen molar-refractivity contribution >= 4 is 23.7 Å². The Kier molecular flexibility index (Phi) is 9.75. The van der Waals surface area contributed by atoms with Crippen molar-refractivity contribution in [1.82, 2.24) is 24.6 Å². The van der Waals surface area contributed by atoms with Crippen molar-refractivity contribution in [2.75, 3.05) is 54.6 Å². The van der Waals surface area contributed by atoms with Gasteiger partial charge in [-0.3, -0.25) is 4.79 Å². The van der Waals surface area contributed by atoms with E-state index in [0.29, 0.717) is 37.3 Å². The van der Waals surface area contributed by atoms with Crippen LogP contribution in [-0.4, -0.2) is 96.4 Å². The van der Waals surface area contributed by atoms with E-state index in [2.05, 4.69) is 10.1 Å². The molecule has 10 heteroatoms. The highest BCUT2D eigenvalue weighted by Crippen LogP contribution is 2.25. The number of carbonyl (C=O) groups excluding carboxylic acids is 2. The summed E-state index contributed by atoms with van der Waals surface area (Å²) in [6.45, 7) is 7.56. The molecule has 1 rings (SSSR count). The molecule has 9 nitrogen and oxygen atoms in total. The molecule has 1 unspecified atom stereocenters. The smallest absolute Gasteiger partial charge is 0.346 e. The zero-order valence-electron chi connectivity index (χ0n) is 17.3. The average Bonchev–Trinajstić information content (AvgIpc) is 3.04. The van der Waals surface area contributed by atoms with Gasteiger partial charge in [-0.1, -0.05) is 25.6 Å². The number of thioether (sulfide) groups is 1. The van der Waals surface area contributed by atoms with Gasteiger partial charge < -0.3 is 19.3 Å². The van der Waals surface area contributed by atoms with Crippen molar-refractivity contribution in [2.45, 2.75) is 37.1 Å². The van der Waals surface area contributed by atoms with Gasteiger partial charge in [0, 0.05) is 47.3 Å². The predicted octanol–water partition coefficient (Wildman–Crippen LogP) is 1.53. The summed E-state index contributed by atoms with van der Waals surface area (Å²) in [4.78, 5) is 32.9. The highest BCUT2D eigenvalue weighted by atomic mass is 32.2. The second kappa shape index (κ2) is 11.3. The molecular formula is C17H31N5O4S. The Morgan fingerprint density at radius 2 is 1.67 bits per heavy atom. The number of amides is 2. The molecular weight excluding hydrogens is 370 g/mol. The van der Waals surface area contributed by atoms with Crippen LogP contribution in [0.1, 0.15) is 32.5 Å². The number of carbonyl (C=O) groups is 2. The maximum atomic E-state index is 12.9. The maximum Gasteiger partial charge on any atom is 0.346 e. The number of hydrogen-bond acceptors (Lipinski definition) is 7. The number of nitrogens with zero attached hydrogens (tertiary/aromatic N) is 5. The molecule has 0 saturated heterocycles. The largest absolute Gasteiger partial charge is 0.383 e. The molecule has 1 aromatic rings. The summed E-state index contributed by atoms with van der Waals surface area (Å²) in [6.07, 6.45) is 0. The minimum atomic E-state index is -0.434.